The summed E-state index contributed by atoms with van der Waals surface area (Å²) >= 11 is 0. The van der Waals surface area contributed by atoms with Gasteiger partial charge in [-0.3, -0.25) is 0 Å². The average molecular weight is 771 g/mol. The van der Waals surface area contributed by atoms with E-state index in [1.54, 1.807) is 0 Å². The van der Waals surface area contributed by atoms with Gasteiger partial charge < -0.3 is 85.3 Å². The first-order valence-electron chi connectivity index (χ1n) is 15.4. The van der Waals surface area contributed by atoms with E-state index in [1.165, 1.54) is 0 Å². The van der Waals surface area contributed by atoms with Crippen molar-refractivity contribution in [2.24, 2.45) is 0 Å². The first kappa shape index (κ1) is 37.1. The Labute approximate surface area is 304 Å². The molecule has 13 N–H and O–H groups in total. The number of aromatic hydroxyl groups is 12. The monoisotopic (exact) mass is 770 g/mol. The van der Waals surface area contributed by atoms with Gasteiger partial charge in [0.05, 0.1) is 22.3 Å². The second-order valence-corrected chi connectivity index (χ2v) is 12.1. The summed E-state index contributed by atoms with van der Waals surface area (Å²) in [5.41, 5.74) is -5.11. The number of aliphatic hydroxyl groups excluding tert-OH is 1. The smallest absolute Gasteiger partial charge is 0.339 e. The Morgan fingerprint density at radius 3 is 1.24 bits per heavy atom. The van der Waals surface area contributed by atoms with Crippen molar-refractivity contribution in [1.29, 1.82) is 0 Å². The zero-order chi connectivity index (χ0) is 40.4. The highest BCUT2D eigenvalue weighted by atomic mass is 16.6. The standard InChI is InChI=1S/C34H26O21/c35-12-1-8(2-13(36)22(12)41)31(48)52-18-7-19(53-32(49)9-3-14(37)23(42)15(38)4-9)29-30(26(18)45)55-34(51)11-6-17(40)25(44)28(47)21(11)20-10(33(50)54-29)5-16(39)24(43)27(20)46/h1-6,18-19,26,29-30,35-47H,7H2. The lowest BCUT2D eigenvalue weighted by atomic mass is 9.85. The van der Waals surface area contributed by atoms with Crippen LogP contribution in [0.15, 0.2) is 36.4 Å². The molecule has 4 aromatic carbocycles. The third-order valence-corrected chi connectivity index (χ3v) is 8.68. The van der Waals surface area contributed by atoms with E-state index in [2.05, 4.69) is 0 Å². The molecule has 55 heavy (non-hydrogen) atoms. The van der Waals surface area contributed by atoms with E-state index in [0.29, 0.717) is 36.4 Å². The molecule has 5 atom stereocenters. The molecule has 0 bridgehead atoms. The molecule has 5 unspecified atom stereocenters. The van der Waals surface area contributed by atoms with Gasteiger partial charge in [-0.25, -0.2) is 19.2 Å². The summed E-state index contributed by atoms with van der Waals surface area (Å²) in [7, 11) is 0. The summed E-state index contributed by atoms with van der Waals surface area (Å²) in [6.45, 7) is 0. The molecular formula is C34H26O21. The molecule has 21 nitrogen and oxygen atoms in total. The average Bonchev–Trinajstić information content (AvgIpc) is 3.13. The van der Waals surface area contributed by atoms with Crippen molar-refractivity contribution < 1.29 is 105 Å². The number of esters is 4. The molecule has 0 spiro atoms. The zero-order valence-corrected chi connectivity index (χ0v) is 27.1. The number of hydrogen-bond donors (Lipinski definition) is 13. The Balaban J connectivity index is 1.50. The highest BCUT2D eigenvalue weighted by Gasteiger charge is 2.53. The predicted molar refractivity (Wildman–Crippen MR) is 172 cm³/mol. The third-order valence-electron chi connectivity index (χ3n) is 8.68. The van der Waals surface area contributed by atoms with Gasteiger partial charge in [0.15, 0.2) is 69.7 Å². The number of phenols is 12. The fourth-order valence-electron chi connectivity index (χ4n) is 5.98. The lowest BCUT2D eigenvalue weighted by molar-refractivity contribution is -0.181. The maximum atomic E-state index is 13.9. The minimum atomic E-state index is -2.27. The number of rotatable bonds is 4. The molecule has 0 saturated heterocycles. The molecule has 4 aromatic rings. The number of phenolic OH excluding ortho intramolecular Hbond substituents is 12. The maximum absolute atomic E-state index is 13.9. The Hall–Kier alpha value is -7.68. The van der Waals surface area contributed by atoms with E-state index in [-0.39, 0.29) is 0 Å². The molecule has 1 heterocycles. The second-order valence-electron chi connectivity index (χ2n) is 12.1. The van der Waals surface area contributed by atoms with E-state index >= 15 is 0 Å². The Bertz CT molecular complexity index is 2270. The van der Waals surface area contributed by atoms with Gasteiger partial charge >= 0.3 is 23.9 Å². The molecule has 288 valence electrons. The van der Waals surface area contributed by atoms with Gasteiger partial charge in [-0.15, -0.1) is 0 Å². The van der Waals surface area contributed by atoms with Crippen molar-refractivity contribution in [1.82, 2.24) is 0 Å². The van der Waals surface area contributed by atoms with Crippen LogP contribution >= 0.6 is 0 Å². The van der Waals surface area contributed by atoms with Crippen LogP contribution in [-0.4, -0.2) is 121 Å². The van der Waals surface area contributed by atoms with E-state index < -0.39 is 163 Å². The zero-order valence-electron chi connectivity index (χ0n) is 27.1. The maximum Gasteiger partial charge on any atom is 0.339 e. The summed E-state index contributed by atoms with van der Waals surface area (Å²) in [5, 5.41) is 133. The van der Waals surface area contributed by atoms with Gasteiger partial charge in [-0.1, -0.05) is 0 Å². The fraction of sp³-hybridized carbons (Fsp3) is 0.176. The van der Waals surface area contributed by atoms with Crippen LogP contribution in [0.25, 0.3) is 11.1 Å². The minimum absolute atomic E-state index is 0.486. The van der Waals surface area contributed by atoms with Crippen LogP contribution in [0.1, 0.15) is 47.9 Å². The Morgan fingerprint density at radius 2 is 0.836 bits per heavy atom. The highest BCUT2D eigenvalue weighted by Crippen LogP contribution is 2.53. The molecule has 1 aliphatic heterocycles. The Kier molecular flexibility index (Phi) is 9.02. The number of ether oxygens (including phenoxy) is 4. The van der Waals surface area contributed by atoms with Gasteiger partial charge in [0, 0.05) is 17.5 Å². The molecule has 2 aliphatic rings. The number of fused-ring (bicyclic) bond motifs is 4. The molecule has 1 saturated carbocycles. The molecule has 0 radical (unpaired) electrons. The lowest BCUT2D eigenvalue weighted by Crippen LogP contribution is -2.60. The van der Waals surface area contributed by atoms with Gasteiger partial charge in [0.2, 0.25) is 11.5 Å². The molecule has 0 aromatic heterocycles. The second kappa shape index (κ2) is 13.4. The van der Waals surface area contributed by atoms with E-state index in [0.717, 1.165) is 0 Å². The van der Waals surface area contributed by atoms with Gasteiger partial charge in [0.25, 0.3) is 0 Å². The largest absolute Gasteiger partial charge is 0.504 e. The van der Waals surface area contributed by atoms with E-state index in [1.807, 2.05) is 0 Å². The minimum Gasteiger partial charge on any atom is -0.504 e. The summed E-state index contributed by atoms with van der Waals surface area (Å²) in [4.78, 5) is 54.3. The molecular weight excluding hydrogens is 744 g/mol. The highest BCUT2D eigenvalue weighted by molar-refractivity contribution is 6.08. The van der Waals surface area contributed by atoms with Crippen molar-refractivity contribution in [2.75, 3.05) is 0 Å². The number of carbonyl (C=O) groups is 4. The number of hydrogen-bond acceptors (Lipinski definition) is 21. The quantitative estimate of drug-likeness (QED) is 0.0784. The first-order chi connectivity index (χ1) is 25.8. The van der Waals surface area contributed by atoms with E-state index in [9.17, 15) is 85.6 Å². The summed E-state index contributed by atoms with van der Waals surface area (Å²) in [6.07, 6.45) is -11.4. The molecule has 1 aliphatic carbocycles. The van der Waals surface area contributed by atoms with Gasteiger partial charge in [0.1, 0.15) is 18.3 Å². The number of benzene rings is 4. The lowest BCUT2D eigenvalue weighted by Gasteiger charge is -2.42. The van der Waals surface area contributed by atoms with Crippen LogP contribution in [0, 0.1) is 0 Å². The number of aliphatic hydroxyl groups is 1. The van der Waals surface area contributed by atoms with Crippen LogP contribution < -0.4 is 0 Å². The molecule has 21 heteroatoms. The number of carbonyl (C=O) groups excluding carboxylic acids is 4. The van der Waals surface area contributed by atoms with Gasteiger partial charge in [-0.05, 0) is 36.4 Å². The first-order valence-corrected chi connectivity index (χ1v) is 15.4. The van der Waals surface area contributed by atoms with Gasteiger partial charge in [-0.2, -0.15) is 0 Å². The van der Waals surface area contributed by atoms with Crippen molar-refractivity contribution in [2.45, 2.75) is 36.9 Å². The van der Waals surface area contributed by atoms with Crippen LogP contribution in [-0.2, 0) is 18.9 Å². The molecule has 1 fully saturated rings. The third kappa shape index (κ3) is 6.28. The van der Waals surface area contributed by atoms with Crippen LogP contribution in [0.2, 0.25) is 0 Å². The van der Waals surface area contributed by atoms with Crippen molar-refractivity contribution >= 4 is 23.9 Å². The van der Waals surface area contributed by atoms with Crippen molar-refractivity contribution in [3.63, 3.8) is 0 Å². The Morgan fingerprint density at radius 1 is 0.491 bits per heavy atom. The van der Waals surface area contributed by atoms with E-state index in [4.69, 9.17) is 18.9 Å². The van der Waals surface area contributed by atoms with Crippen molar-refractivity contribution in [3.05, 3.63) is 58.7 Å². The molecule has 0 amide bonds. The summed E-state index contributed by atoms with van der Waals surface area (Å²) in [6, 6.07) is 3.59. The fourth-order valence-corrected chi connectivity index (χ4v) is 5.98. The van der Waals surface area contributed by atoms with Crippen LogP contribution in [0.5, 0.6) is 69.0 Å². The molecule has 6 rings (SSSR count). The SMILES string of the molecule is O=C(OC1CC(OC(=O)c2cc(O)c(O)c(O)c2)C2OC(=O)c3cc(O)c(O)c(O)c3-c3c(cc(O)c(O)c3O)C(=O)OC2C1O)c1cc(O)c(O)c(O)c1. The van der Waals surface area contributed by atoms with Crippen LogP contribution in [0.4, 0.5) is 0 Å². The topological polar surface area (TPSA) is 368 Å². The van der Waals surface area contributed by atoms with Crippen LogP contribution in [0.3, 0.4) is 0 Å². The van der Waals surface area contributed by atoms with Crippen molar-refractivity contribution in [3.8, 4) is 80.1 Å². The predicted octanol–water partition coefficient (Wildman–Crippen LogP) is 1.10. The normalized spacial score (nSPS) is 20.5. The summed E-state index contributed by atoms with van der Waals surface area (Å²) < 4.78 is 21.8. The summed E-state index contributed by atoms with van der Waals surface area (Å²) in [5.74, 6) is -19.8.